The number of likely N-dealkylation sites (N-methyl/N-ethyl adjacent to an activating group) is 1. The molecule has 0 amide bonds. The molecule has 2 bridgehead atoms. The summed E-state index contributed by atoms with van der Waals surface area (Å²) in [5.41, 5.74) is 2.75. The van der Waals surface area contributed by atoms with Crippen LogP contribution in [-0.4, -0.2) is 54.9 Å². The first kappa shape index (κ1) is 18.8. The highest BCUT2D eigenvalue weighted by Gasteiger charge is 2.65. The molecule has 6 heteroatoms. The Morgan fingerprint density at radius 3 is 2.77 bits per heavy atom. The first-order chi connectivity index (χ1) is 15.0. The van der Waals surface area contributed by atoms with E-state index < -0.39 is 12.1 Å². The fourth-order valence-corrected chi connectivity index (χ4v) is 6.26. The Labute approximate surface area is 181 Å². The number of nitrogens with zero attached hydrogens (tertiary/aromatic N) is 1. The Kier molecular flexibility index (Phi) is 3.93. The van der Waals surface area contributed by atoms with Gasteiger partial charge in [0.2, 0.25) is 0 Å². The molecule has 2 aromatic carbocycles. The lowest BCUT2D eigenvalue weighted by molar-refractivity contribution is -0.0555. The van der Waals surface area contributed by atoms with Crippen LogP contribution >= 0.6 is 0 Å². The predicted octanol–water partition coefficient (Wildman–Crippen LogP) is 3.07. The van der Waals surface area contributed by atoms with Gasteiger partial charge in [-0.15, -0.1) is 0 Å². The van der Waals surface area contributed by atoms with Crippen LogP contribution in [0.1, 0.15) is 27.9 Å². The van der Waals surface area contributed by atoms with Gasteiger partial charge < -0.3 is 24.2 Å². The second-order valence-electron chi connectivity index (χ2n) is 9.04. The fraction of sp³-hybridized carbons (Fsp3) is 0.400. The highest BCUT2D eigenvalue weighted by molar-refractivity contribution is 5.89. The zero-order chi connectivity index (χ0) is 21.3. The number of carbonyl (C=O) groups is 1. The molecule has 1 fully saturated rings. The number of rotatable bonds is 3. The highest BCUT2D eigenvalue weighted by Crippen LogP contribution is 2.62. The number of ether oxygens (including phenoxy) is 3. The van der Waals surface area contributed by atoms with E-state index in [0.717, 1.165) is 30.9 Å². The quantitative estimate of drug-likeness (QED) is 0.609. The van der Waals surface area contributed by atoms with Gasteiger partial charge >= 0.3 is 5.97 Å². The number of likely N-dealkylation sites (tertiary alicyclic amines) is 1. The minimum absolute atomic E-state index is 0.115. The number of carbonyl (C=O) groups excluding carboxylic acids is 1. The second kappa shape index (κ2) is 6.50. The summed E-state index contributed by atoms with van der Waals surface area (Å²) in [6.45, 7) is 0.976. The average molecular weight is 419 g/mol. The number of phenolic OH excluding ortho intramolecular Hbond substituents is 1. The summed E-state index contributed by atoms with van der Waals surface area (Å²) in [6.07, 6.45) is 5.39. The van der Waals surface area contributed by atoms with E-state index in [1.165, 1.54) is 23.3 Å². The van der Waals surface area contributed by atoms with Gasteiger partial charge in [0, 0.05) is 22.9 Å². The summed E-state index contributed by atoms with van der Waals surface area (Å²) in [5.74, 6) is 1.55. The molecule has 31 heavy (non-hydrogen) atoms. The van der Waals surface area contributed by atoms with Crippen LogP contribution in [0.4, 0.5) is 0 Å². The molecule has 2 aliphatic carbocycles. The number of methoxy groups -OCH3 is 1. The van der Waals surface area contributed by atoms with Crippen LogP contribution in [0.15, 0.2) is 48.6 Å². The minimum atomic E-state index is -0.496. The van der Waals surface area contributed by atoms with E-state index in [2.05, 4.69) is 24.1 Å². The SMILES string of the molecule is COc1ccc2c3c1O[C@H]1[C@@H](OC(=O)c4ccc(O)cc4)C=C[C@H]4[C@@H](C2)N(C)CC[C@@]341. The van der Waals surface area contributed by atoms with Gasteiger partial charge in [0.25, 0.3) is 0 Å². The van der Waals surface area contributed by atoms with E-state index in [9.17, 15) is 9.90 Å². The van der Waals surface area contributed by atoms with E-state index >= 15 is 0 Å². The highest BCUT2D eigenvalue weighted by atomic mass is 16.6. The van der Waals surface area contributed by atoms with Crippen LogP contribution in [0.25, 0.3) is 0 Å². The molecule has 5 atom stereocenters. The van der Waals surface area contributed by atoms with Crippen molar-refractivity contribution in [2.75, 3.05) is 20.7 Å². The monoisotopic (exact) mass is 419 g/mol. The fourth-order valence-electron chi connectivity index (χ4n) is 6.26. The van der Waals surface area contributed by atoms with Crippen molar-refractivity contribution >= 4 is 5.97 Å². The van der Waals surface area contributed by atoms with Crippen LogP contribution < -0.4 is 9.47 Å². The largest absolute Gasteiger partial charge is 0.508 e. The zero-order valence-corrected chi connectivity index (χ0v) is 17.6. The summed E-state index contributed by atoms with van der Waals surface area (Å²) in [6, 6.07) is 10.7. The van der Waals surface area contributed by atoms with Crippen molar-refractivity contribution in [3.8, 4) is 17.2 Å². The third kappa shape index (κ3) is 2.45. The smallest absolute Gasteiger partial charge is 0.338 e. The molecule has 2 aliphatic heterocycles. The van der Waals surface area contributed by atoms with Gasteiger partial charge in [0.05, 0.1) is 12.7 Å². The number of hydrogen-bond acceptors (Lipinski definition) is 6. The minimum Gasteiger partial charge on any atom is -0.508 e. The van der Waals surface area contributed by atoms with Gasteiger partial charge in [-0.3, -0.25) is 0 Å². The van der Waals surface area contributed by atoms with Gasteiger partial charge in [-0.1, -0.05) is 12.1 Å². The lowest BCUT2D eigenvalue weighted by Crippen LogP contribution is -2.65. The number of aromatic hydroxyl groups is 1. The van der Waals surface area contributed by atoms with Crippen molar-refractivity contribution in [2.45, 2.75) is 36.5 Å². The van der Waals surface area contributed by atoms with Gasteiger partial charge in [0.15, 0.2) is 17.6 Å². The molecule has 6 nitrogen and oxygen atoms in total. The maximum absolute atomic E-state index is 12.9. The van der Waals surface area contributed by atoms with Gasteiger partial charge in [0.1, 0.15) is 11.9 Å². The summed E-state index contributed by atoms with van der Waals surface area (Å²) in [4.78, 5) is 15.3. The molecular formula is C25H25NO5. The zero-order valence-electron chi connectivity index (χ0n) is 17.6. The molecule has 0 unspecified atom stereocenters. The van der Waals surface area contributed by atoms with Crippen molar-refractivity contribution in [3.63, 3.8) is 0 Å². The number of piperidine rings is 1. The van der Waals surface area contributed by atoms with Crippen LogP contribution in [0.3, 0.4) is 0 Å². The number of phenols is 1. The molecule has 0 saturated carbocycles. The van der Waals surface area contributed by atoms with E-state index in [1.807, 2.05) is 12.1 Å². The lowest BCUT2D eigenvalue weighted by atomic mass is 9.53. The Hall–Kier alpha value is -2.99. The Morgan fingerprint density at radius 2 is 2.00 bits per heavy atom. The van der Waals surface area contributed by atoms with Crippen molar-refractivity contribution in [2.24, 2.45) is 5.92 Å². The van der Waals surface area contributed by atoms with E-state index in [4.69, 9.17) is 14.2 Å². The van der Waals surface area contributed by atoms with Crippen molar-refractivity contribution < 1.29 is 24.1 Å². The molecule has 1 N–H and O–H groups in total. The van der Waals surface area contributed by atoms with Gasteiger partial charge in [-0.25, -0.2) is 4.79 Å². The third-order valence-corrected chi connectivity index (χ3v) is 7.68. The van der Waals surface area contributed by atoms with Crippen molar-refractivity contribution in [1.29, 1.82) is 0 Å². The number of hydrogen-bond donors (Lipinski definition) is 1. The van der Waals surface area contributed by atoms with Crippen molar-refractivity contribution in [3.05, 3.63) is 65.2 Å². The molecule has 4 aliphatic rings. The molecule has 6 rings (SSSR count). The van der Waals surface area contributed by atoms with Crippen molar-refractivity contribution in [1.82, 2.24) is 4.90 Å². The summed E-state index contributed by atoms with van der Waals surface area (Å²) >= 11 is 0. The van der Waals surface area contributed by atoms with Crippen LogP contribution in [-0.2, 0) is 16.6 Å². The van der Waals surface area contributed by atoms with E-state index in [1.54, 1.807) is 19.2 Å². The number of benzene rings is 2. The normalized spacial score (nSPS) is 32.2. The van der Waals surface area contributed by atoms with Gasteiger partial charge in [-0.05, 0) is 68.4 Å². The summed E-state index contributed by atoms with van der Waals surface area (Å²) in [5, 5.41) is 9.51. The van der Waals surface area contributed by atoms with Crippen LogP contribution in [0.5, 0.6) is 17.2 Å². The first-order valence-electron chi connectivity index (χ1n) is 10.8. The summed E-state index contributed by atoms with van der Waals surface area (Å²) < 4.78 is 18.2. The summed E-state index contributed by atoms with van der Waals surface area (Å²) in [7, 11) is 3.86. The molecule has 160 valence electrons. The molecule has 1 spiro atoms. The van der Waals surface area contributed by atoms with E-state index in [-0.39, 0.29) is 17.3 Å². The maximum atomic E-state index is 12.9. The van der Waals surface area contributed by atoms with Crippen LogP contribution in [0, 0.1) is 5.92 Å². The standard InChI is InChI=1S/C25H25NO5/c1-26-12-11-25-17-8-10-20(30-24(28)14-3-6-16(27)7-4-14)23(25)31-22-19(29-2)9-5-15(21(22)25)13-18(17)26/h3-10,17-18,20,23,27H,11-13H2,1-2H3/t17-,18+,20-,23-,25-/m0/s1. The van der Waals surface area contributed by atoms with Crippen LogP contribution in [0.2, 0.25) is 0 Å². The lowest BCUT2D eigenvalue weighted by Gasteiger charge is -2.56. The Bertz CT molecular complexity index is 1090. The third-order valence-electron chi connectivity index (χ3n) is 7.68. The Morgan fingerprint density at radius 1 is 1.19 bits per heavy atom. The molecule has 2 heterocycles. The molecule has 2 aromatic rings. The van der Waals surface area contributed by atoms with Gasteiger partial charge in [-0.2, -0.15) is 0 Å². The number of esters is 1. The second-order valence-corrected chi connectivity index (χ2v) is 9.04. The first-order valence-corrected chi connectivity index (χ1v) is 10.8. The topological polar surface area (TPSA) is 68.2 Å². The molecule has 1 saturated heterocycles. The molecular weight excluding hydrogens is 394 g/mol. The average Bonchev–Trinajstić information content (AvgIpc) is 3.13. The molecule has 0 radical (unpaired) electrons. The predicted molar refractivity (Wildman–Crippen MR) is 114 cm³/mol. The maximum Gasteiger partial charge on any atom is 0.338 e. The Balaban J connectivity index is 1.43. The molecule has 0 aromatic heterocycles. The van der Waals surface area contributed by atoms with E-state index in [0.29, 0.717) is 17.5 Å².